The van der Waals surface area contributed by atoms with Crippen molar-refractivity contribution in [2.24, 2.45) is 0 Å². The lowest BCUT2D eigenvalue weighted by atomic mass is 10.3. The maximum atomic E-state index is 8.90. The Morgan fingerprint density at radius 1 is 0.727 bits per heavy atom. The van der Waals surface area contributed by atoms with Gasteiger partial charge in [-0.2, -0.15) is 21.0 Å². The van der Waals surface area contributed by atoms with Crippen LogP contribution in [0.3, 0.4) is 0 Å². The van der Waals surface area contributed by atoms with Crippen molar-refractivity contribution in [1.82, 2.24) is 0 Å². The van der Waals surface area contributed by atoms with E-state index in [-0.39, 0.29) is 11.1 Å². The Balaban J connectivity index is 3.05. The van der Waals surface area contributed by atoms with E-state index in [0.717, 1.165) is 22.7 Å². The fraction of sp³-hybridized carbons (Fsp3) is 0. The largest absolute Gasteiger partial charge is 0.192 e. The first-order chi connectivity index (χ1) is 10.5. The fourth-order valence-corrected chi connectivity index (χ4v) is 4.59. The molecule has 0 saturated heterocycles. The SMILES string of the molecule is N#CC(C#N)=c1cc(Cl)/c(=c2/sc(=C(C#N)C#N)cc2Cl)s1. The van der Waals surface area contributed by atoms with Gasteiger partial charge in [0.2, 0.25) is 0 Å². The van der Waals surface area contributed by atoms with E-state index in [2.05, 4.69) is 0 Å². The number of thiophene rings is 2. The first-order valence-corrected chi connectivity index (χ1v) is 7.88. The van der Waals surface area contributed by atoms with Crippen LogP contribution in [-0.2, 0) is 0 Å². The Hall–Kier alpha value is -2.32. The van der Waals surface area contributed by atoms with Crippen molar-refractivity contribution in [2.75, 3.05) is 0 Å². The summed E-state index contributed by atoms with van der Waals surface area (Å²) < 4.78 is 2.08. The van der Waals surface area contributed by atoms with Crippen LogP contribution in [-0.4, -0.2) is 0 Å². The molecule has 0 N–H and O–H groups in total. The van der Waals surface area contributed by atoms with E-state index in [1.165, 1.54) is 12.1 Å². The van der Waals surface area contributed by atoms with E-state index < -0.39 is 0 Å². The third-order valence-corrected chi connectivity index (χ3v) is 5.81. The molecule has 104 valence electrons. The Kier molecular flexibility index (Phi) is 4.84. The number of nitriles is 4. The molecule has 2 heterocycles. The van der Waals surface area contributed by atoms with Gasteiger partial charge in [-0.1, -0.05) is 23.2 Å². The van der Waals surface area contributed by atoms with Gasteiger partial charge < -0.3 is 0 Å². The monoisotopic (exact) mass is 360 g/mol. The van der Waals surface area contributed by atoms with Crippen molar-refractivity contribution in [3.05, 3.63) is 40.3 Å². The Morgan fingerprint density at radius 3 is 1.32 bits per heavy atom. The van der Waals surface area contributed by atoms with Crippen LogP contribution in [0.2, 0.25) is 10.0 Å². The quantitative estimate of drug-likeness (QED) is 0.721. The maximum Gasteiger partial charge on any atom is 0.146 e. The molecule has 0 radical (unpaired) electrons. The van der Waals surface area contributed by atoms with Gasteiger partial charge in [-0.25, -0.2) is 0 Å². The van der Waals surface area contributed by atoms with Crippen LogP contribution in [0.25, 0.3) is 11.1 Å². The van der Waals surface area contributed by atoms with Gasteiger partial charge in [-0.15, -0.1) is 22.7 Å². The fourth-order valence-electron chi connectivity index (χ4n) is 1.56. The maximum absolute atomic E-state index is 8.90. The van der Waals surface area contributed by atoms with Crippen LogP contribution < -0.4 is 9.06 Å². The van der Waals surface area contributed by atoms with Gasteiger partial charge in [0.05, 0.1) is 28.2 Å². The minimum atomic E-state index is -0.0349. The van der Waals surface area contributed by atoms with Crippen molar-refractivity contribution < 1.29 is 0 Å². The van der Waals surface area contributed by atoms with Gasteiger partial charge >= 0.3 is 0 Å². The molecule has 0 aromatic carbocycles. The van der Waals surface area contributed by atoms with Crippen LogP contribution in [0.5, 0.6) is 0 Å². The molecule has 0 bridgehead atoms. The number of nitrogens with zero attached hydrogens (tertiary/aromatic N) is 4. The van der Waals surface area contributed by atoms with Crippen LogP contribution in [0.4, 0.5) is 0 Å². The van der Waals surface area contributed by atoms with Crippen LogP contribution >= 0.6 is 45.9 Å². The molecular formula is C14H2Cl2N4S2. The molecule has 0 saturated carbocycles. The minimum absolute atomic E-state index is 0.0349. The lowest BCUT2D eigenvalue weighted by molar-refractivity contribution is 1.51. The summed E-state index contributed by atoms with van der Waals surface area (Å²) in [6.07, 6.45) is 0. The summed E-state index contributed by atoms with van der Waals surface area (Å²) in [4.78, 5) is 0. The molecule has 4 nitrogen and oxygen atoms in total. The molecule has 2 rings (SSSR count). The van der Waals surface area contributed by atoms with Gasteiger partial charge in [-0.05, 0) is 12.1 Å². The third kappa shape index (κ3) is 2.83. The molecule has 0 atom stereocenters. The summed E-state index contributed by atoms with van der Waals surface area (Å²) in [5.41, 5.74) is -0.0697. The summed E-state index contributed by atoms with van der Waals surface area (Å²) in [6.45, 7) is 0. The van der Waals surface area contributed by atoms with E-state index >= 15 is 0 Å². The molecule has 2 aromatic heterocycles. The second-order valence-corrected chi connectivity index (χ2v) is 6.69. The van der Waals surface area contributed by atoms with Gasteiger partial charge in [-0.3, -0.25) is 0 Å². The molecule has 0 aliphatic heterocycles. The second kappa shape index (κ2) is 6.63. The van der Waals surface area contributed by atoms with Crippen LogP contribution in [0, 0.1) is 54.4 Å². The Bertz CT molecular complexity index is 1020. The molecule has 0 aliphatic carbocycles. The summed E-state index contributed by atoms with van der Waals surface area (Å²) in [5.74, 6) is 0. The van der Waals surface area contributed by atoms with Gasteiger partial charge in [0.25, 0.3) is 0 Å². The molecule has 0 amide bonds. The zero-order valence-electron chi connectivity index (χ0n) is 10.5. The normalized spacial score (nSPS) is 10.8. The van der Waals surface area contributed by atoms with Crippen molar-refractivity contribution in [1.29, 1.82) is 21.0 Å². The summed E-state index contributed by atoms with van der Waals surface area (Å²) in [7, 11) is 0. The van der Waals surface area contributed by atoms with E-state index in [9.17, 15) is 0 Å². The molecule has 0 spiro atoms. The lowest BCUT2D eigenvalue weighted by Gasteiger charge is -1.80. The number of hydrogen-bond acceptors (Lipinski definition) is 6. The highest BCUT2D eigenvalue weighted by atomic mass is 35.5. The molecule has 0 fully saturated rings. The van der Waals surface area contributed by atoms with Crippen molar-refractivity contribution in [2.45, 2.75) is 0 Å². The molecule has 0 aliphatic rings. The smallest absolute Gasteiger partial charge is 0.146 e. The third-order valence-electron chi connectivity index (χ3n) is 2.52. The van der Waals surface area contributed by atoms with Gasteiger partial charge in [0, 0.05) is 0 Å². The summed E-state index contributed by atoms with van der Waals surface area (Å²) in [5, 5.41) is 36.3. The van der Waals surface area contributed by atoms with Gasteiger partial charge in [0.1, 0.15) is 35.4 Å². The number of rotatable bonds is 0. The second-order valence-electron chi connectivity index (χ2n) is 3.77. The number of halogens is 2. The van der Waals surface area contributed by atoms with Crippen molar-refractivity contribution >= 4 is 57.0 Å². The molecule has 2 aromatic rings. The Morgan fingerprint density at radius 2 is 1.05 bits per heavy atom. The molecule has 22 heavy (non-hydrogen) atoms. The molecular weight excluding hydrogens is 359 g/mol. The summed E-state index contributed by atoms with van der Waals surface area (Å²) >= 11 is 14.6. The van der Waals surface area contributed by atoms with E-state index in [1.807, 2.05) is 0 Å². The molecule has 0 unspecified atom stereocenters. The molecule has 8 heteroatoms. The van der Waals surface area contributed by atoms with E-state index in [4.69, 9.17) is 44.2 Å². The van der Waals surface area contributed by atoms with Gasteiger partial charge in [0.15, 0.2) is 0 Å². The standard InChI is InChI=1S/C14H2Cl2N4S2/c15-9-1-11(7(3-17)4-18)21-13(9)14-10(16)2-12(22-14)8(5-19)6-20/h1-2H/b14-13-. The van der Waals surface area contributed by atoms with Crippen LogP contribution in [0.15, 0.2) is 12.1 Å². The average molecular weight is 361 g/mol. The zero-order chi connectivity index (χ0) is 16.3. The highest BCUT2D eigenvalue weighted by Gasteiger charge is 2.07. The first-order valence-electron chi connectivity index (χ1n) is 5.49. The summed E-state index contributed by atoms with van der Waals surface area (Å²) in [6, 6.07) is 10.3. The zero-order valence-corrected chi connectivity index (χ0v) is 13.7. The van der Waals surface area contributed by atoms with E-state index in [0.29, 0.717) is 28.2 Å². The van der Waals surface area contributed by atoms with E-state index in [1.54, 1.807) is 24.3 Å². The highest BCUT2D eigenvalue weighted by molar-refractivity contribution is 7.12. The Labute approximate surface area is 142 Å². The predicted molar refractivity (Wildman–Crippen MR) is 84.8 cm³/mol. The predicted octanol–water partition coefficient (Wildman–Crippen LogP) is 2.80. The van der Waals surface area contributed by atoms with Crippen LogP contribution in [0.1, 0.15) is 0 Å². The van der Waals surface area contributed by atoms with Crippen molar-refractivity contribution in [3.63, 3.8) is 0 Å². The first kappa shape index (κ1) is 16.1. The topological polar surface area (TPSA) is 95.2 Å². The average Bonchev–Trinajstić information content (AvgIpc) is 3.05. The number of hydrogen-bond donors (Lipinski definition) is 0. The van der Waals surface area contributed by atoms with Crippen molar-refractivity contribution in [3.8, 4) is 24.3 Å². The highest BCUT2D eigenvalue weighted by Crippen LogP contribution is 2.21. The minimum Gasteiger partial charge on any atom is -0.192 e. The lowest BCUT2D eigenvalue weighted by Crippen LogP contribution is -1.94.